The second kappa shape index (κ2) is 7.40. The minimum atomic E-state index is 0.417. The molecule has 2 aromatic carbocycles. The summed E-state index contributed by atoms with van der Waals surface area (Å²) in [6.07, 6.45) is 2.10. The average Bonchev–Trinajstić information content (AvgIpc) is 2.56. The van der Waals surface area contributed by atoms with E-state index in [-0.39, 0.29) is 0 Å². The van der Waals surface area contributed by atoms with Gasteiger partial charge in [0.15, 0.2) is 0 Å². The summed E-state index contributed by atoms with van der Waals surface area (Å²) in [5, 5.41) is 0. The van der Waals surface area contributed by atoms with Crippen LogP contribution < -0.4 is 16.2 Å². The third-order valence-electron chi connectivity index (χ3n) is 4.64. The lowest BCUT2D eigenvalue weighted by Gasteiger charge is -2.16. The van der Waals surface area contributed by atoms with E-state index in [0.717, 1.165) is 46.8 Å². The molecule has 0 fully saturated rings. The van der Waals surface area contributed by atoms with E-state index in [0.29, 0.717) is 11.8 Å². The molecule has 2 unspecified atom stereocenters. The molecule has 0 saturated heterocycles. The molecule has 0 aliphatic heterocycles. The first kappa shape index (κ1) is 17.2. The van der Waals surface area contributed by atoms with Crippen LogP contribution in [-0.4, -0.2) is 0 Å². The lowest BCUT2D eigenvalue weighted by molar-refractivity contribution is 0.480. The highest BCUT2D eigenvalue weighted by Crippen LogP contribution is 2.33. The highest BCUT2D eigenvalue weighted by atomic mass is 16.5. The van der Waals surface area contributed by atoms with Gasteiger partial charge in [0.25, 0.3) is 0 Å². The van der Waals surface area contributed by atoms with Crippen LogP contribution in [0.15, 0.2) is 36.4 Å². The van der Waals surface area contributed by atoms with Gasteiger partial charge in [-0.05, 0) is 72.2 Å². The number of anilines is 2. The van der Waals surface area contributed by atoms with Crippen molar-refractivity contribution in [2.75, 3.05) is 11.5 Å². The Hall–Kier alpha value is -2.16. The molecule has 0 bridgehead atoms. The van der Waals surface area contributed by atoms with Crippen LogP contribution in [0.2, 0.25) is 0 Å². The maximum absolute atomic E-state index is 6.09. The molecule has 0 aromatic heterocycles. The number of hydrogen-bond acceptors (Lipinski definition) is 3. The van der Waals surface area contributed by atoms with Crippen molar-refractivity contribution in [1.82, 2.24) is 0 Å². The monoisotopic (exact) mass is 312 g/mol. The molecule has 0 aliphatic carbocycles. The van der Waals surface area contributed by atoms with Crippen LogP contribution in [0.3, 0.4) is 0 Å². The molecular weight excluding hydrogens is 284 g/mol. The molecule has 0 amide bonds. The van der Waals surface area contributed by atoms with E-state index in [2.05, 4.69) is 27.7 Å². The van der Waals surface area contributed by atoms with Gasteiger partial charge in [-0.3, -0.25) is 0 Å². The van der Waals surface area contributed by atoms with Crippen molar-refractivity contribution in [2.45, 2.75) is 52.4 Å². The van der Waals surface area contributed by atoms with Gasteiger partial charge in [-0.25, -0.2) is 0 Å². The average molecular weight is 312 g/mol. The second-order valence-corrected chi connectivity index (χ2v) is 6.30. The Labute approximate surface area is 139 Å². The van der Waals surface area contributed by atoms with Gasteiger partial charge in [0, 0.05) is 11.4 Å². The van der Waals surface area contributed by atoms with Gasteiger partial charge >= 0.3 is 0 Å². The summed E-state index contributed by atoms with van der Waals surface area (Å²) >= 11 is 0. The van der Waals surface area contributed by atoms with Crippen molar-refractivity contribution in [3.8, 4) is 11.5 Å². The zero-order valence-electron chi connectivity index (χ0n) is 14.6. The maximum Gasteiger partial charge on any atom is 0.127 e. The van der Waals surface area contributed by atoms with Crippen LogP contribution in [0.25, 0.3) is 0 Å². The Morgan fingerprint density at radius 2 is 1.17 bits per heavy atom. The summed E-state index contributed by atoms with van der Waals surface area (Å²) < 4.78 is 6.05. The Morgan fingerprint density at radius 3 is 1.52 bits per heavy atom. The smallest absolute Gasteiger partial charge is 0.127 e. The van der Waals surface area contributed by atoms with Crippen molar-refractivity contribution in [2.24, 2.45) is 0 Å². The quantitative estimate of drug-likeness (QED) is 0.675. The van der Waals surface area contributed by atoms with Crippen molar-refractivity contribution < 1.29 is 4.74 Å². The molecular formula is C20H28N2O. The zero-order valence-corrected chi connectivity index (χ0v) is 14.6. The normalized spacial score (nSPS) is 13.6. The van der Waals surface area contributed by atoms with Gasteiger partial charge in [-0.2, -0.15) is 0 Å². The molecule has 124 valence electrons. The molecule has 2 atom stereocenters. The minimum Gasteiger partial charge on any atom is -0.457 e. The standard InChI is InChI=1S/C20H28N2O/c1-5-13(3)17-11-15(7-9-19(17)21)23-16-8-10-20(22)18(12-16)14(4)6-2/h7-14H,5-6,21-22H2,1-4H3. The van der Waals surface area contributed by atoms with Crippen LogP contribution >= 0.6 is 0 Å². The van der Waals surface area contributed by atoms with Gasteiger partial charge in [0.05, 0.1) is 0 Å². The number of nitrogen functional groups attached to an aromatic ring is 2. The molecule has 2 rings (SSSR count). The summed E-state index contributed by atoms with van der Waals surface area (Å²) in [6, 6.07) is 11.8. The molecule has 3 nitrogen and oxygen atoms in total. The van der Waals surface area contributed by atoms with E-state index < -0.39 is 0 Å². The number of hydrogen-bond donors (Lipinski definition) is 2. The van der Waals surface area contributed by atoms with Crippen LogP contribution in [0.4, 0.5) is 11.4 Å². The first-order chi connectivity index (χ1) is 11.0. The molecule has 3 heteroatoms. The van der Waals surface area contributed by atoms with E-state index in [1.807, 2.05) is 36.4 Å². The number of nitrogens with two attached hydrogens (primary N) is 2. The highest BCUT2D eigenvalue weighted by Gasteiger charge is 2.11. The van der Waals surface area contributed by atoms with E-state index in [9.17, 15) is 0 Å². The van der Waals surface area contributed by atoms with Crippen LogP contribution in [0.5, 0.6) is 11.5 Å². The largest absolute Gasteiger partial charge is 0.457 e. The summed E-state index contributed by atoms with van der Waals surface area (Å²) in [7, 11) is 0. The fourth-order valence-electron chi connectivity index (χ4n) is 2.66. The predicted molar refractivity (Wildman–Crippen MR) is 99.2 cm³/mol. The van der Waals surface area contributed by atoms with Crippen molar-refractivity contribution in [3.05, 3.63) is 47.5 Å². The summed E-state index contributed by atoms with van der Waals surface area (Å²) in [4.78, 5) is 0. The minimum absolute atomic E-state index is 0.417. The fraction of sp³-hybridized carbons (Fsp3) is 0.400. The topological polar surface area (TPSA) is 61.3 Å². The number of ether oxygens (including phenoxy) is 1. The van der Waals surface area contributed by atoms with E-state index >= 15 is 0 Å². The first-order valence-electron chi connectivity index (χ1n) is 8.42. The van der Waals surface area contributed by atoms with E-state index in [1.54, 1.807) is 0 Å². The first-order valence-corrected chi connectivity index (χ1v) is 8.42. The third kappa shape index (κ3) is 3.98. The number of rotatable bonds is 6. The highest BCUT2D eigenvalue weighted by molar-refractivity contribution is 5.55. The van der Waals surface area contributed by atoms with Gasteiger partial charge in [-0.1, -0.05) is 27.7 Å². The maximum atomic E-state index is 6.09. The van der Waals surface area contributed by atoms with Crippen LogP contribution in [-0.2, 0) is 0 Å². The third-order valence-corrected chi connectivity index (χ3v) is 4.64. The van der Waals surface area contributed by atoms with Gasteiger partial charge in [0.1, 0.15) is 11.5 Å². The van der Waals surface area contributed by atoms with Crippen LogP contribution in [0, 0.1) is 0 Å². The molecule has 2 aromatic rings. The Morgan fingerprint density at radius 1 is 0.783 bits per heavy atom. The summed E-state index contributed by atoms with van der Waals surface area (Å²) in [6.45, 7) is 8.69. The Balaban J connectivity index is 2.29. The van der Waals surface area contributed by atoms with Crippen LogP contribution in [0.1, 0.15) is 63.5 Å². The lowest BCUT2D eigenvalue weighted by atomic mass is 9.96. The van der Waals surface area contributed by atoms with Crippen molar-refractivity contribution in [1.29, 1.82) is 0 Å². The number of benzene rings is 2. The van der Waals surface area contributed by atoms with Gasteiger partial charge in [-0.15, -0.1) is 0 Å². The molecule has 0 aliphatic rings. The molecule has 0 saturated carbocycles. The molecule has 0 heterocycles. The van der Waals surface area contributed by atoms with E-state index in [4.69, 9.17) is 16.2 Å². The Kier molecular flexibility index (Phi) is 5.54. The second-order valence-electron chi connectivity index (χ2n) is 6.30. The zero-order chi connectivity index (χ0) is 17.0. The Bertz CT molecular complexity index is 609. The molecule has 23 heavy (non-hydrogen) atoms. The van der Waals surface area contributed by atoms with Crippen molar-refractivity contribution in [3.63, 3.8) is 0 Å². The summed E-state index contributed by atoms with van der Waals surface area (Å²) in [5.41, 5.74) is 16.1. The fourth-order valence-corrected chi connectivity index (χ4v) is 2.66. The van der Waals surface area contributed by atoms with Crippen molar-refractivity contribution >= 4 is 11.4 Å². The lowest BCUT2D eigenvalue weighted by Crippen LogP contribution is -2.00. The molecule has 0 spiro atoms. The molecule has 4 N–H and O–H groups in total. The predicted octanol–water partition coefficient (Wildman–Crippen LogP) is 5.67. The van der Waals surface area contributed by atoms with Gasteiger partial charge in [0.2, 0.25) is 0 Å². The molecule has 0 radical (unpaired) electrons. The van der Waals surface area contributed by atoms with E-state index in [1.165, 1.54) is 0 Å². The van der Waals surface area contributed by atoms with Gasteiger partial charge < -0.3 is 16.2 Å². The summed E-state index contributed by atoms with van der Waals surface area (Å²) in [5.74, 6) is 2.46. The SMILES string of the molecule is CCC(C)c1cc(Oc2ccc(N)c(C(C)CC)c2)ccc1N.